The number of nitrogens with two attached hydrogens (primary N) is 1. The molecule has 11 nitrogen and oxygen atoms in total. The molecule has 3 fully saturated rings. The van der Waals surface area contributed by atoms with Crippen molar-refractivity contribution in [2.45, 2.75) is 93.9 Å². The molecule has 1 spiro atoms. The molecule has 3 aromatic rings. The number of ether oxygens (including phenoxy) is 2. The lowest BCUT2D eigenvalue weighted by Gasteiger charge is -2.63. The first-order valence-electron chi connectivity index (χ1n) is 20.3. The molecule has 10 atom stereocenters. The maximum Gasteiger partial charge on any atom is 0.322 e. The van der Waals surface area contributed by atoms with Crippen molar-refractivity contribution in [2.75, 3.05) is 58.9 Å². The molecule has 1 aromatic heterocycles. The van der Waals surface area contributed by atoms with Gasteiger partial charge in [-0.25, -0.2) is 0 Å². The van der Waals surface area contributed by atoms with E-state index in [9.17, 15) is 15.0 Å². The van der Waals surface area contributed by atoms with Gasteiger partial charge in [0.2, 0.25) is 0 Å². The van der Waals surface area contributed by atoms with E-state index in [0.717, 1.165) is 77.9 Å². The van der Waals surface area contributed by atoms with E-state index >= 15 is 4.79 Å². The lowest BCUT2D eigenvalue weighted by molar-refractivity contribution is -0.201. The number of anilines is 1. The highest BCUT2D eigenvalue weighted by Gasteiger charge is 2.78. The summed E-state index contributed by atoms with van der Waals surface area (Å²) in [7, 11) is 5.01. The number of aliphatic hydroxyl groups is 2. The molecule has 5 N–H and O–H groups in total. The Labute approximate surface area is 323 Å². The Balaban J connectivity index is 1.36. The van der Waals surface area contributed by atoms with Gasteiger partial charge in [0.25, 0.3) is 5.91 Å². The van der Waals surface area contributed by atoms with Crippen LogP contribution in [0.3, 0.4) is 0 Å². The van der Waals surface area contributed by atoms with E-state index in [-0.39, 0.29) is 23.3 Å². The Kier molecular flexibility index (Phi) is 8.21. The molecule has 1 amide bonds. The third-order valence-corrected chi connectivity index (χ3v) is 15.6. The van der Waals surface area contributed by atoms with Crippen LogP contribution in [0.1, 0.15) is 75.3 Å². The van der Waals surface area contributed by atoms with Gasteiger partial charge in [-0.1, -0.05) is 51.1 Å². The number of nitrogens with zero attached hydrogens (tertiary/aromatic N) is 3. The number of fused-ring (bicyclic) bond motifs is 6. The number of methoxy groups -OCH3 is 2. The van der Waals surface area contributed by atoms with Crippen LogP contribution in [0.5, 0.6) is 5.75 Å². The Hall–Kier alpha value is -3.90. The minimum atomic E-state index is -2.27. The molecule has 11 heteroatoms. The molecule has 0 radical (unpaired) electrons. The molecule has 1 unspecified atom stereocenters. The molecular formula is C44H57N5O6. The summed E-state index contributed by atoms with van der Waals surface area (Å²) < 4.78 is 12.3. The fraction of sp³-hybridized carbons (Fsp3) is 0.591. The summed E-state index contributed by atoms with van der Waals surface area (Å²) in [5.41, 5.74) is 6.34. The fourth-order valence-corrected chi connectivity index (χ4v) is 13.3. The Morgan fingerprint density at radius 3 is 2.55 bits per heavy atom. The van der Waals surface area contributed by atoms with E-state index < -0.39 is 39.9 Å². The standard InChI is InChI=1S/C44H57N5O6/c1-7-40(3)22-26-23-43(39(52)55-6,34-28(14-18-48(24-26)25-40)27-12-9-10-13-31(27)46-34)30-20-29-32(21-33(30)54-5)47(4)36-42(29)16-19-49-17-11-15-41(8-2,35(42)49)37(50)44(36,53)38(45)51/h9-13,15,20-21,26,35-37,46,50,53H,7-8,14,16-19,22-25H2,1-6H3,(H2,45,51)/t26-,35-,36+,37+,40+,41+,42+,43-,44+/m0/s1. The zero-order valence-corrected chi connectivity index (χ0v) is 33.2. The maximum atomic E-state index is 15.3. The lowest BCUT2D eigenvalue weighted by atomic mass is 9.47. The average molecular weight is 752 g/mol. The van der Waals surface area contributed by atoms with Gasteiger partial charge in [0.05, 0.1) is 20.3 Å². The number of esters is 1. The van der Waals surface area contributed by atoms with Crippen LogP contribution in [0.15, 0.2) is 48.6 Å². The highest BCUT2D eigenvalue weighted by atomic mass is 16.5. The molecule has 5 aliphatic heterocycles. The van der Waals surface area contributed by atoms with Gasteiger partial charge in [0.15, 0.2) is 5.60 Å². The van der Waals surface area contributed by atoms with Gasteiger partial charge in [0, 0.05) is 84.0 Å². The van der Waals surface area contributed by atoms with Crippen LogP contribution in [0.25, 0.3) is 10.9 Å². The van der Waals surface area contributed by atoms with E-state index in [1.807, 2.05) is 37.1 Å². The van der Waals surface area contributed by atoms with Crippen LogP contribution in [0.4, 0.5) is 5.69 Å². The fourth-order valence-electron chi connectivity index (χ4n) is 13.3. The first-order chi connectivity index (χ1) is 26.3. The second-order valence-corrected chi connectivity index (χ2v) is 18.1. The minimum absolute atomic E-state index is 0.0925. The summed E-state index contributed by atoms with van der Waals surface area (Å²) in [6, 6.07) is 11.4. The van der Waals surface area contributed by atoms with E-state index in [4.69, 9.17) is 15.2 Å². The number of rotatable bonds is 6. The number of hydrogen-bond acceptors (Lipinski definition) is 9. The monoisotopic (exact) mass is 751 g/mol. The van der Waals surface area contributed by atoms with Gasteiger partial charge in [0.1, 0.15) is 17.3 Å². The quantitative estimate of drug-likeness (QED) is 0.217. The van der Waals surface area contributed by atoms with Gasteiger partial charge in [-0.2, -0.15) is 0 Å². The minimum Gasteiger partial charge on any atom is -0.496 e. The van der Waals surface area contributed by atoms with Gasteiger partial charge in [-0.05, 0) is 79.7 Å². The zero-order valence-electron chi connectivity index (χ0n) is 33.2. The summed E-state index contributed by atoms with van der Waals surface area (Å²) in [5.74, 6) is -0.583. The largest absolute Gasteiger partial charge is 0.496 e. The number of benzene rings is 2. The molecule has 2 bridgehead atoms. The molecular weight excluding hydrogens is 695 g/mol. The number of H-pyrrole nitrogens is 1. The molecule has 1 saturated carbocycles. The van der Waals surface area contributed by atoms with E-state index in [1.54, 1.807) is 7.11 Å². The average Bonchev–Trinajstić information content (AvgIpc) is 3.84. The van der Waals surface area contributed by atoms with Crippen LogP contribution >= 0.6 is 0 Å². The number of nitrogens with one attached hydrogen (secondary N) is 1. The number of hydrogen-bond donors (Lipinski definition) is 4. The molecule has 2 aromatic carbocycles. The Bertz CT molecular complexity index is 2120. The van der Waals surface area contributed by atoms with Crippen molar-refractivity contribution < 1.29 is 29.3 Å². The molecule has 9 rings (SSSR count). The number of primary amides is 1. The Morgan fingerprint density at radius 1 is 1.05 bits per heavy atom. The molecule has 1 aliphatic carbocycles. The van der Waals surface area contributed by atoms with Crippen molar-refractivity contribution in [3.05, 3.63) is 70.9 Å². The summed E-state index contributed by atoms with van der Waals surface area (Å²) in [4.78, 5) is 39.7. The van der Waals surface area contributed by atoms with Crippen molar-refractivity contribution in [1.82, 2.24) is 14.8 Å². The number of aromatic amines is 1. The van der Waals surface area contributed by atoms with Crippen LogP contribution in [-0.2, 0) is 31.6 Å². The summed E-state index contributed by atoms with van der Waals surface area (Å²) >= 11 is 0. The third-order valence-electron chi connectivity index (χ3n) is 15.6. The highest BCUT2D eigenvalue weighted by Crippen LogP contribution is 2.67. The molecule has 2 saturated heterocycles. The number of piperidine rings is 1. The van der Waals surface area contributed by atoms with Crippen molar-refractivity contribution >= 4 is 28.5 Å². The molecule has 294 valence electrons. The molecule has 55 heavy (non-hydrogen) atoms. The van der Waals surface area contributed by atoms with E-state index in [0.29, 0.717) is 38.1 Å². The number of para-hydroxylation sites is 1. The van der Waals surface area contributed by atoms with Crippen LogP contribution in [0, 0.1) is 16.7 Å². The summed E-state index contributed by atoms with van der Waals surface area (Å²) in [6.07, 6.45) is 7.06. The number of aromatic nitrogens is 1. The zero-order chi connectivity index (χ0) is 38.9. The van der Waals surface area contributed by atoms with Gasteiger partial charge in [-0.3, -0.25) is 14.5 Å². The predicted molar refractivity (Wildman–Crippen MR) is 211 cm³/mol. The number of carbonyl (C=O) groups excluding carboxylic acids is 2. The number of amides is 1. The second kappa shape index (κ2) is 12.3. The normalized spacial score (nSPS) is 39.0. The number of aliphatic hydroxyl groups excluding tert-OH is 1. The highest BCUT2D eigenvalue weighted by molar-refractivity contribution is 5.95. The van der Waals surface area contributed by atoms with Crippen LogP contribution < -0.4 is 15.4 Å². The second-order valence-electron chi connectivity index (χ2n) is 18.1. The first-order valence-corrected chi connectivity index (χ1v) is 20.3. The van der Waals surface area contributed by atoms with Crippen molar-refractivity contribution in [3.8, 4) is 5.75 Å². The SMILES string of the molecule is CC[C@]1(C)C[C@@H]2CN(CCc3c([nH]c4ccccc34)[C@@](C(=O)OC)(c3cc4c(cc3OC)N(C)[C@H]3[C@](O)(C(N)=O)[C@H](O)[C@]5(CC)C=CCN6CC[C@]43[C@@H]65)C2)C1. The predicted octanol–water partition coefficient (Wildman–Crippen LogP) is 4.01. The van der Waals surface area contributed by atoms with Crippen molar-refractivity contribution in [1.29, 1.82) is 0 Å². The summed E-state index contributed by atoms with van der Waals surface area (Å²) in [5, 5.41) is 26.2. The lowest BCUT2D eigenvalue weighted by Crippen LogP contribution is -2.81. The van der Waals surface area contributed by atoms with Crippen LogP contribution in [-0.4, -0.2) is 115 Å². The Morgan fingerprint density at radius 2 is 1.84 bits per heavy atom. The van der Waals surface area contributed by atoms with Crippen molar-refractivity contribution in [3.63, 3.8) is 0 Å². The van der Waals surface area contributed by atoms with Gasteiger partial charge < -0.3 is 40.2 Å². The number of carbonyl (C=O) groups is 2. The molecule has 6 aliphatic rings. The smallest absolute Gasteiger partial charge is 0.322 e. The maximum absolute atomic E-state index is 15.3. The summed E-state index contributed by atoms with van der Waals surface area (Å²) in [6.45, 7) is 10.9. The van der Waals surface area contributed by atoms with Gasteiger partial charge >= 0.3 is 5.97 Å². The topological polar surface area (TPSA) is 145 Å². The van der Waals surface area contributed by atoms with E-state index in [1.165, 1.54) is 7.11 Å². The van der Waals surface area contributed by atoms with E-state index in [2.05, 4.69) is 59.0 Å². The third kappa shape index (κ3) is 4.52. The molecule has 6 heterocycles. The van der Waals surface area contributed by atoms with Gasteiger partial charge in [-0.15, -0.1) is 0 Å². The first kappa shape index (κ1) is 36.7. The van der Waals surface area contributed by atoms with Crippen LogP contribution in [0.2, 0.25) is 0 Å². The number of likely N-dealkylation sites (N-methyl/N-ethyl adjacent to an activating group) is 1. The van der Waals surface area contributed by atoms with Crippen molar-refractivity contribution in [2.24, 2.45) is 22.5 Å².